The highest BCUT2D eigenvalue weighted by Crippen LogP contribution is 2.48. The Labute approximate surface area is 299 Å². The Morgan fingerprint density at radius 3 is 1.76 bits per heavy atom. The van der Waals surface area contributed by atoms with Gasteiger partial charge in [-0.2, -0.15) is 0 Å². The van der Waals surface area contributed by atoms with E-state index in [1.165, 1.54) is 36.4 Å². The number of benzene rings is 8. The number of hydrogen-bond donors (Lipinski definition) is 0. The topological polar surface area (TPSA) is 21.7 Å². The van der Waals surface area contributed by atoms with Crippen LogP contribution in [0.4, 0.5) is 17.1 Å². The van der Waals surface area contributed by atoms with E-state index in [0.717, 1.165) is 62.1 Å². The van der Waals surface area contributed by atoms with E-state index in [-0.39, 0.29) is 6.71 Å². The molecule has 0 unspecified atom stereocenters. The van der Waals surface area contributed by atoms with E-state index in [2.05, 4.69) is 169 Å². The van der Waals surface area contributed by atoms with Gasteiger partial charge in [-0.05, 0) is 88.1 Å². The van der Waals surface area contributed by atoms with Crippen LogP contribution in [0.5, 0.6) is 23.0 Å². The largest absolute Gasteiger partial charge is 0.458 e. The Morgan fingerprint density at radius 1 is 0.431 bits per heavy atom. The molecule has 3 nitrogen and oxygen atoms in total. The fourth-order valence-corrected chi connectivity index (χ4v) is 9.31. The molecule has 2 aliphatic rings. The predicted molar refractivity (Wildman–Crippen MR) is 215 cm³/mol. The van der Waals surface area contributed by atoms with Crippen LogP contribution in [0.15, 0.2) is 170 Å². The molecular formula is C46H28BNO2S. The lowest BCUT2D eigenvalue weighted by molar-refractivity contribution is 0.465. The summed E-state index contributed by atoms with van der Waals surface area (Å²) in [5, 5.41) is 4.91. The molecular weight excluding hydrogens is 641 g/mol. The molecule has 11 rings (SSSR count). The van der Waals surface area contributed by atoms with Crippen LogP contribution >= 0.6 is 11.3 Å². The van der Waals surface area contributed by atoms with Gasteiger partial charge in [-0.3, -0.25) is 0 Å². The van der Waals surface area contributed by atoms with Crippen molar-refractivity contribution in [3.63, 3.8) is 0 Å². The Balaban J connectivity index is 1.16. The van der Waals surface area contributed by atoms with Crippen molar-refractivity contribution in [3.8, 4) is 34.1 Å². The zero-order chi connectivity index (χ0) is 33.5. The summed E-state index contributed by atoms with van der Waals surface area (Å²) >= 11 is 1.85. The van der Waals surface area contributed by atoms with Crippen molar-refractivity contribution in [1.29, 1.82) is 0 Å². The van der Waals surface area contributed by atoms with Crippen LogP contribution in [0.2, 0.25) is 0 Å². The van der Waals surface area contributed by atoms with Crippen LogP contribution in [0.3, 0.4) is 0 Å². The highest BCUT2D eigenvalue weighted by atomic mass is 32.1. The molecule has 238 valence electrons. The van der Waals surface area contributed by atoms with Crippen LogP contribution in [-0.2, 0) is 0 Å². The standard InChI is InChI=1S/C46H28BNO2S/c1-4-14-29(15-5-1)30-24-41-46-42(25-30)50-40-26-35-43(27-37(40)47(46)36-22-12-13-23-39(36)49-41)51-44-28-38(33-20-10-11-21-34(33)45(35)44)48(31-16-6-2-7-17-31)32-18-8-3-9-19-32/h1-28H. The van der Waals surface area contributed by atoms with Gasteiger partial charge in [-0.25, -0.2) is 0 Å². The lowest BCUT2D eigenvalue weighted by Gasteiger charge is -2.33. The van der Waals surface area contributed by atoms with E-state index < -0.39 is 0 Å². The van der Waals surface area contributed by atoms with Gasteiger partial charge in [0.05, 0.1) is 5.69 Å². The van der Waals surface area contributed by atoms with Crippen molar-refractivity contribution in [3.05, 3.63) is 170 Å². The summed E-state index contributed by atoms with van der Waals surface area (Å²) in [6.45, 7) is 0.00194. The van der Waals surface area contributed by atoms with E-state index in [4.69, 9.17) is 9.47 Å². The van der Waals surface area contributed by atoms with Crippen LogP contribution in [0.1, 0.15) is 0 Å². The van der Waals surface area contributed by atoms with E-state index in [0.29, 0.717) is 0 Å². The van der Waals surface area contributed by atoms with E-state index in [9.17, 15) is 0 Å². The second kappa shape index (κ2) is 11.1. The SMILES string of the molecule is c1ccc(-c2cc3c4c(c2)Oc2cc5c(cc2B4c2ccccc2O3)sc2cc(N(c3ccccc3)c3ccccc3)c3ccccc3c25)cc1. The maximum Gasteiger partial charge on any atom is 0.260 e. The number of fused-ring (bicyclic) bond motifs is 9. The van der Waals surface area contributed by atoms with Crippen molar-refractivity contribution in [2.45, 2.75) is 0 Å². The molecule has 51 heavy (non-hydrogen) atoms. The van der Waals surface area contributed by atoms with E-state index in [1.807, 2.05) is 17.4 Å². The summed E-state index contributed by atoms with van der Waals surface area (Å²) in [4.78, 5) is 2.38. The molecule has 0 saturated heterocycles. The van der Waals surface area contributed by atoms with Gasteiger partial charge in [0.25, 0.3) is 6.71 Å². The minimum atomic E-state index is 0.00194. The Kier molecular flexibility index (Phi) is 6.22. The minimum Gasteiger partial charge on any atom is -0.458 e. The van der Waals surface area contributed by atoms with Gasteiger partial charge in [0.15, 0.2) is 0 Å². The first-order valence-electron chi connectivity index (χ1n) is 17.3. The number of rotatable bonds is 4. The van der Waals surface area contributed by atoms with Gasteiger partial charge in [0, 0.05) is 42.4 Å². The molecule has 0 bridgehead atoms. The summed E-state index contributed by atoms with van der Waals surface area (Å²) in [5.74, 6) is 3.50. The van der Waals surface area contributed by atoms with Gasteiger partial charge >= 0.3 is 0 Å². The number of ether oxygens (including phenoxy) is 2. The number of nitrogens with zero attached hydrogens (tertiary/aromatic N) is 1. The monoisotopic (exact) mass is 669 g/mol. The Morgan fingerprint density at radius 2 is 1.04 bits per heavy atom. The third kappa shape index (κ3) is 4.38. The molecule has 0 N–H and O–H groups in total. The molecule has 0 fully saturated rings. The van der Waals surface area contributed by atoms with Crippen molar-refractivity contribution in [1.82, 2.24) is 0 Å². The third-order valence-corrected chi connectivity index (χ3v) is 11.4. The fourth-order valence-electron chi connectivity index (χ4n) is 8.12. The smallest absolute Gasteiger partial charge is 0.260 e. The summed E-state index contributed by atoms with van der Waals surface area (Å²) in [6, 6.07) is 60.4. The second-order valence-corrected chi connectivity index (χ2v) is 14.3. The zero-order valence-electron chi connectivity index (χ0n) is 27.4. The molecule has 0 atom stereocenters. The first-order chi connectivity index (χ1) is 25.3. The molecule has 0 radical (unpaired) electrons. The van der Waals surface area contributed by atoms with Gasteiger partial charge < -0.3 is 14.4 Å². The maximum absolute atomic E-state index is 6.93. The highest BCUT2D eigenvalue weighted by Gasteiger charge is 2.41. The molecule has 0 aliphatic carbocycles. The van der Waals surface area contributed by atoms with Gasteiger partial charge in [0.2, 0.25) is 0 Å². The highest BCUT2D eigenvalue weighted by molar-refractivity contribution is 7.26. The molecule has 8 aromatic carbocycles. The van der Waals surface area contributed by atoms with Gasteiger partial charge in [-0.15, -0.1) is 11.3 Å². The van der Waals surface area contributed by atoms with Gasteiger partial charge in [-0.1, -0.05) is 109 Å². The van der Waals surface area contributed by atoms with Crippen LogP contribution < -0.4 is 30.8 Å². The zero-order valence-corrected chi connectivity index (χ0v) is 28.2. The molecule has 1 aromatic heterocycles. The third-order valence-electron chi connectivity index (χ3n) is 10.3. The molecule has 9 aromatic rings. The second-order valence-electron chi connectivity index (χ2n) is 13.2. The van der Waals surface area contributed by atoms with Crippen molar-refractivity contribution < 1.29 is 9.47 Å². The molecule has 0 amide bonds. The normalized spacial score (nSPS) is 12.6. The molecule has 0 spiro atoms. The molecule has 2 aliphatic heterocycles. The fraction of sp³-hybridized carbons (Fsp3) is 0. The lowest BCUT2D eigenvalue weighted by Crippen LogP contribution is -2.57. The average molecular weight is 670 g/mol. The molecule has 0 saturated carbocycles. The average Bonchev–Trinajstić information content (AvgIpc) is 3.55. The number of para-hydroxylation sites is 3. The van der Waals surface area contributed by atoms with Gasteiger partial charge in [0.1, 0.15) is 23.0 Å². The maximum atomic E-state index is 6.93. The minimum absolute atomic E-state index is 0.00194. The Hall–Kier alpha value is -6.30. The number of hydrogen-bond acceptors (Lipinski definition) is 4. The van der Waals surface area contributed by atoms with E-state index in [1.54, 1.807) is 0 Å². The first kappa shape index (κ1) is 28.5. The number of thiophene rings is 1. The van der Waals surface area contributed by atoms with Crippen LogP contribution in [-0.4, -0.2) is 6.71 Å². The quantitative estimate of drug-likeness (QED) is 0.174. The Bertz CT molecular complexity index is 2780. The molecule has 5 heteroatoms. The summed E-state index contributed by atoms with van der Waals surface area (Å²) in [7, 11) is 0. The number of anilines is 3. The van der Waals surface area contributed by atoms with Crippen molar-refractivity contribution >= 4 is 82.4 Å². The van der Waals surface area contributed by atoms with Crippen LogP contribution in [0.25, 0.3) is 42.1 Å². The summed E-state index contributed by atoms with van der Waals surface area (Å²) < 4.78 is 16.0. The van der Waals surface area contributed by atoms with Crippen LogP contribution in [0, 0.1) is 0 Å². The lowest BCUT2D eigenvalue weighted by atomic mass is 9.35. The van der Waals surface area contributed by atoms with Crippen molar-refractivity contribution in [2.24, 2.45) is 0 Å². The first-order valence-corrected chi connectivity index (χ1v) is 18.1. The van der Waals surface area contributed by atoms with E-state index >= 15 is 0 Å². The van der Waals surface area contributed by atoms with Crippen molar-refractivity contribution in [2.75, 3.05) is 4.90 Å². The molecule has 3 heterocycles. The summed E-state index contributed by atoms with van der Waals surface area (Å²) in [5.41, 5.74) is 9.05. The summed E-state index contributed by atoms with van der Waals surface area (Å²) in [6.07, 6.45) is 0. The predicted octanol–water partition coefficient (Wildman–Crippen LogP) is 11.1.